The molecule has 1 aromatic carbocycles. The third-order valence-electron chi connectivity index (χ3n) is 5.81. The highest BCUT2D eigenvalue weighted by molar-refractivity contribution is 6.09. The summed E-state index contributed by atoms with van der Waals surface area (Å²) in [4.78, 5) is 41.6. The molecule has 1 aliphatic heterocycles. The normalized spacial score (nSPS) is 30.7. The molecule has 0 spiro atoms. The highest BCUT2D eigenvalue weighted by atomic mass is 16.2. The van der Waals surface area contributed by atoms with Gasteiger partial charge in [0.2, 0.25) is 17.7 Å². The lowest BCUT2D eigenvalue weighted by molar-refractivity contribution is -0.151. The van der Waals surface area contributed by atoms with Crippen molar-refractivity contribution in [3.05, 3.63) is 48.0 Å². The van der Waals surface area contributed by atoms with E-state index >= 15 is 0 Å². The molecule has 25 heavy (non-hydrogen) atoms. The second-order valence-electron chi connectivity index (χ2n) is 7.48. The Morgan fingerprint density at radius 2 is 1.64 bits per heavy atom. The van der Waals surface area contributed by atoms with Crippen LogP contribution in [0, 0.1) is 23.7 Å². The van der Waals surface area contributed by atoms with E-state index in [0.717, 1.165) is 12.0 Å². The SMILES string of the molecule is CN(C)C(=O)[C@H](Cc1ccccc1)N1C(=O)[C@@H]2[C@@H](C1=O)[C@H]1C=C[C@H]2C1. The molecule has 2 bridgehead atoms. The number of hydrogen-bond acceptors (Lipinski definition) is 3. The summed E-state index contributed by atoms with van der Waals surface area (Å²) in [5, 5.41) is 0. The van der Waals surface area contributed by atoms with Gasteiger partial charge in [-0.15, -0.1) is 0 Å². The van der Waals surface area contributed by atoms with Crippen LogP contribution in [-0.2, 0) is 20.8 Å². The van der Waals surface area contributed by atoms with E-state index in [9.17, 15) is 14.4 Å². The molecule has 3 aliphatic rings. The van der Waals surface area contributed by atoms with Gasteiger partial charge in [-0.1, -0.05) is 42.5 Å². The topological polar surface area (TPSA) is 57.7 Å². The number of imide groups is 1. The van der Waals surface area contributed by atoms with E-state index in [1.165, 1.54) is 9.80 Å². The van der Waals surface area contributed by atoms with Crippen molar-refractivity contribution in [2.45, 2.75) is 18.9 Å². The quantitative estimate of drug-likeness (QED) is 0.617. The van der Waals surface area contributed by atoms with Crippen molar-refractivity contribution in [1.29, 1.82) is 0 Å². The molecule has 5 nitrogen and oxygen atoms in total. The number of rotatable bonds is 4. The van der Waals surface area contributed by atoms with Gasteiger partial charge in [0.25, 0.3) is 0 Å². The molecule has 0 aromatic heterocycles. The monoisotopic (exact) mass is 338 g/mol. The van der Waals surface area contributed by atoms with E-state index in [0.29, 0.717) is 6.42 Å². The Morgan fingerprint density at radius 1 is 1.08 bits per heavy atom. The fraction of sp³-hybridized carbons (Fsp3) is 0.450. The van der Waals surface area contributed by atoms with Crippen LogP contribution in [0.25, 0.3) is 0 Å². The molecule has 1 heterocycles. The highest BCUT2D eigenvalue weighted by Crippen LogP contribution is 2.53. The van der Waals surface area contributed by atoms with E-state index < -0.39 is 6.04 Å². The zero-order valence-corrected chi connectivity index (χ0v) is 14.5. The maximum atomic E-state index is 13.0. The Bertz CT molecular complexity index is 725. The first-order chi connectivity index (χ1) is 12.0. The van der Waals surface area contributed by atoms with Gasteiger partial charge in [-0.3, -0.25) is 19.3 Å². The number of hydrogen-bond donors (Lipinski definition) is 0. The van der Waals surface area contributed by atoms with Crippen LogP contribution in [-0.4, -0.2) is 47.7 Å². The molecule has 1 saturated heterocycles. The van der Waals surface area contributed by atoms with Gasteiger partial charge in [0.1, 0.15) is 6.04 Å². The average molecular weight is 338 g/mol. The van der Waals surface area contributed by atoms with Crippen molar-refractivity contribution in [3.8, 4) is 0 Å². The predicted octanol–water partition coefficient (Wildman–Crippen LogP) is 1.49. The number of allylic oxidation sites excluding steroid dienone is 2. The van der Waals surface area contributed by atoms with Crippen LogP contribution < -0.4 is 0 Å². The first-order valence-corrected chi connectivity index (χ1v) is 8.79. The third-order valence-corrected chi connectivity index (χ3v) is 5.81. The summed E-state index contributed by atoms with van der Waals surface area (Å²) in [5.74, 6) is -0.755. The average Bonchev–Trinajstić information content (AvgIpc) is 3.28. The molecule has 1 aromatic rings. The van der Waals surface area contributed by atoms with Crippen LogP contribution in [0.15, 0.2) is 42.5 Å². The Morgan fingerprint density at radius 3 is 2.16 bits per heavy atom. The maximum Gasteiger partial charge on any atom is 0.245 e. The maximum absolute atomic E-state index is 13.0. The van der Waals surface area contributed by atoms with E-state index in [-0.39, 0.29) is 41.4 Å². The van der Waals surface area contributed by atoms with Crippen LogP contribution in [0.1, 0.15) is 12.0 Å². The molecular weight excluding hydrogens is 316 g/mol. The number of amides is 3. The number of nitrogens with zero attached hydrogens (tertiary/aromatic N) is 2. The molecule has 130 valence electrons. The number of likely N-dealkylation sites (tertiary alicyclic amines) is 1. The minimum Gasteiger partial charge on any atom is -0.347 e. The summed E-state index contributed by atoms with van der Waals surface area (Å²) in [7, 11) is 3.33. The molecular formula is C20H22N2O3. The fourth-order valence-corrected chi connectivity index (χ4v) is 4.66. The second kappa shape index (κ2) is 5.83. The molecule has 0 N–H and O–H groups in total. The lowest BCUT2D eigenvalue weighted by atomic mass is 9.85. The summed E-state index contributed by atoms with van der Waals surface area (Å²) >= 11 is 0. The van der Waals surface area contributed by atoms with Gasteiger partial charge in [0.15, 0.2) is 0 Å². The molecule has 2 aliphatic carbocycles. The predicted molar refractivity (Wildman–Crippen MR) is 92.2 cm³/mol. The number of carbonyl (C=O) groups excluding carboxylic acids is 3. The van der Waals surface area contributed by atoms with Gasteiger partial charge in [-0.2, -0.15) is 0 Å². The van der Waals surface area contributed by atoms with Gasteiger partial charge < -0.3 is 4.90 Å². The number of fused-ring (bicyclic) bond motifs is 5. The first-order valence-electron chi connectivity index (χ1n) is 8.79. The van der Waals surface area contributed by atoms with Crippen LogP contribution in [0.3, 0.4) is 0 Å². The smallest absolute Gasteiger partial charge is 0.245 e. The summed E-state index contributed by atoms with van der Waals surface area (Å²) in [6, 6.07) is 8.80. The molecule has 3 amide bonds. The van der Waals surface area contributed by atoms with Crippen molar-refractivity contribution >= 4 is 17.7 Å². The molecule has 1 saturated carbocycles. The molecule has 4 rings (SSSR count). The van der Waals surface area contributed by atoms with Gasteiger partial charge in [0, 0.05) is 20.5 Å². The van der Waals surface area contributed by atoms with Gasteiger partial charge in [-0.05, 0) is 23.8 Å². The Hall–Kier alpha value is -2.43. The summed E-state index contributed by atoms with van der Waals surface area (Å²) in [5.41, 5.74) is 0.946. The van der Waals surface area contributed by atoms with Crippen molar-refractivity contribution in [2.75, 3.05) is 14.1 Å². The Kier molecular flexibility index (Phi) is 3.74. The zero-order chi connectivity index (χ0) is 17.7. The van der Waals surface area contributed by atoms with Gasteiger partial charge in [0.05, 0.1) is 11.8 Å². The van der Waals surface area contributed by atoms with E-state index in [2.05, 4.69) is 12.2 Å². The lowest BCUT2D eigenvalue weighted by Gasteiger charge is -2.29. The number of carbonyl (C=O) groups is 3. The highest BCUT2D eigenvalue weighted by Gasteiger charge is 2.61. The summed E-state index contributed by atoms with van der Waals surface area (Å²) in [6.45, 7) is 0. The fourth-order valence-electron chi connectivity index (χ4n) is 4.66. The number of likely N-dealkylation sites (N-methyl/N-ethyl adjacent to an activating group) is 1. The van der Waals surface area contributed by atoms with Crippen LogP contribution >= 0.6 is 0 Å². The first kappa shape index (κ1) is 16.1. The van der Waals surface area contributed by atoms with Gasteiger partial charge >= 0.3 is 0 Å². The standard InChI is InChI=1S/C20H22N2O3/c1-21(2)18(23)15(10-12-6-4-3-5-7-12)22-19(24)16-13-8-9-14(11-13)17(16)20(22)25/h3-9,13-17H,10-11H2,1-2H3/t13-,14-,15-,16-,17-/m0/s1. The Labute approximate surface area is 147 Å². The second-order valence-corrected chi connectivity index (χ2v) is 7.48. The van der Waals surface area contributed by atoms with E-state index in [4.69, 9.17) is 0 Å². The molecule has 2 fully saturated rings. The van der Waals surface area contributed by atoms with Crippen LogP contribution in [0.2, 0.25) is 0 Å². The summed E-state index contributed by atoms with van der Waals surface area (Å²) in [6.07, 6.45) is 5.39. The third kappa shape index (κ3) is 2.41. The van der Waals surface area contributed by atoms with Crippen LogP contribution in [0.4, 0.5) is 0 Å². The molecule has 5 atom stereocenters. The molecule has 0 radical (unpaired) electrons. The number of benzene rings is 1. The lowest BCUT2D eigenvalue weighted by Crippen LogP contribution is -2.51. The van der Waals surface area contributed by atoms with Gasteiger partial charge in [-0.25, -0.2) is 0 Å². The molecule has 5 heteroatoms. The molecule has 0 unspecified atom stereocenters. The van der Waals surface area contributed by atoms with Crippen molar-refractivity contribution < 1.29 is 14.4 Å². The minimum atomic E-state index is -0.762. The zero-order valence-electron chi connectivity index (χ0n) is 14.5. The minimum absolute atomic E-state index is 0.156. The Balaban J connectivity index is 1.67. The van der Waals surface area contributed by atoms with Crippen molar-refractivity contribution in [3.63, 3.8) is 0 Å². The largest absolute Gasteiger partial charge is 0.347 e. The van der Waals surface area contributed by atoms with E-state index in [1.54, 1.807) is 14.1 Å². The van der Waals surface area contributed by atoms with Crippen molar-refractivity contribution in [2.24, 2.45) is 23.7 Å². The summed E-state index contributed by atoms with van der Waals surface area (Å²) < 4.78 is 0. The van der Waals surface area contributed by atoms with E-state index in [1.807, 2.05) is 30.3 Å². The van der Waals surface area contributed by atoms with Crippen LogP contribution in [0.5, 0.6) is 0 Å². The van der Waals surface area contributed by atoms with Crippen molar-refractivity contribution in [1.82, 2.24) is 9.80 Å².